The molecule has 7 heteroatoms. The molecule has 0 fully saturated rings. The molecule has 1 aromatic heterocycles. The molecule has 0 aliphatic heterocycles. The molecule has 2 aromatic rings. The van der Waals surface area contributed by atoms with Crippen LogP contribution in [0, 0.1) is 17.0 Å². The molecule has 0 radical (unpaired) electrons. The number of nitrogens with zero attached hydrogens (tertiary/aromatic N) is 2. The third kappa shape index (κ3) is 3.89. The quantitative estimate of drug-likeness (QED) is 0.589. The highest BCUT2D eigenvalue weighted by molar-refractivity contribution is 7.14. The van der Waals surface area contributed by atoms with Gasteiger partial charge in [-0.05, 0) is 36.6 Å². The predicted molar refractivity (Wildman–Crippen MR) is 92.3 cm³/mol. The number of hydrogen-bond donors (Lipinski definition) is 0. The van der Waals surface area contributed by atoms with Gasteiger partial charge in [-0.25, -0.2) is 0 Å². The normalized spacial score (nSPS) is 10.6. The van der Waals surface area contributed by atoms with Gasteiger partial charge in [0.1, 0.15) is 0 Å². The number of benzene rings is 1. The number of rotatable bonds is 5. The lowest BCUT2D eigenvalue weighted by molar-refractivity contribution is -0.384. The predicted octanol–water partition coefficient (Wildman–Crippen LogP) is 4.45. The van der Waals surface area contributed by atoms with Gasteiger partial charge in [-0.3, -0.25) is 14.9 Å². The number of amides is 1. The van der Waals surface area contributed by atoms with Crippen LogP contribution in [0.2, 0.25) is 5.02 Å². The molecular weight excluding hydrogens is 336 g/mol. The topological polar surface area (TPSA) is 63.5 Å². The molecule has 2 rings (SSSR count). The first-order valence-corrected chi connectivity index (χ1v) is 8.30. The van der Waals surface area contributed by atoms with E-state index in [2.05, 4.69) is 6.92 Å². The summed E-state index contributed by atoms with van der Waals surface area (Å²) in [5, 5.41) is 11.3. The van der Waals surface area contributed by atoms with Crippen LogP contribution in [0.4, 0.5) is 5.69 Å². The Kier molecular flexibility index (Phi) is 5.38. The van der Waals surface area contributed by atoms with E-state index in [-0.39, 0.29) is 18.1 Å². The van der Waals surface area contributed by atoms with Crippen molar-refractivity contribution in [2.75, 3.05) is 7.05 Å². The van der Waals surface area contributed by atoms with Gasteiger partial charge in [0.05, 0.1) is 9.80 Å². The zero-order valence-corrected chi connectivity index (χ0v) is 14.7. The largest absolute Gasteiger partial charge is 0.337 e. The number of hydrogen-bond acceptors (Lipinski definition) is 4. The molecule has 0 bridgehead atoms. The molecule has 1 amide bonds. The van der Waals surface area contributed by atoms with Crippen molar-refractivity contribution in [3.05, 3.63) is 60.3 Å². The highest BCUT2D eigenvalue weighted by atomic mass is 35.5. The van der Waals surface area contributed by atoms with Crippen LogP contribution in [0.15, 0.2) is 24.3 Å². The summed E-state index contributed by atoms with van der Waals surface area (Å²) in [5.41, 5.74) is 1.63. The van der Waals surface area contributed by atoms with E-state index in [0.717, 1.165) is 12.0 Å². The van der Waals surface area contributed by atoms with E-state index in [0.29, 0.717) is 15.5 Å². The van der Waals surface area contributed by atoms with Crippen molar-refractivity contribution in [2.45, 2.75) is 26.8 Å². The van der Waals surface area contributed by atoms with Crippen LogP contribution >= 0.6 is 22.9 Å². The lowest BCUT2D eigenvalue weighted by atomic mass is 10.2. The van der Waals surface area contributed by atoms with Gasteiger partial charge < -0.3 is 4.90 Å². The van der Waals surface area contributed by atoms with Crippen molar-refractivity contribution >= 4 is 34.5 Å². The minimum atomic E-state index is -0.474. The van der Waals surface area contributed by atoms with Crippen LogP contribution in [0.3, 0.4) is 0 Å². The lowest BCUT2D eigenvalue weighted by Gasteiger charge is -2.17. The van der Waals surface area contributed by atoms with E-state index in [1.165, 1.54) is 39.3 Å². The summed E-state index contributed by atoms with van der Waals surface area (Å²) in [6, 6.07) is 6.13. The Labute approximate surface area is 143 Å². The number of nitro benzene ring substituents is 1. The maximum Gasteiger partial charge on any atom is 0.269 e. The van der Waals surface area contributed by atoms with Crippen molar-refractivity contribution in [3.63, 3.8) is 0 Å². The fourth-order valence-electron chi connectivity index (χ4n) is 2.29. The van der Waals surface area contributed by atoms with Gasteiger partial charge >= 0.3 is 0 Å². The maximum atomic E-state index is 12.5. The molecule has 5 nitrogen and oxygen atoms in total. The molecule has 0 aliphatic carbocycles. The second-order valence-electron chi connectivity index (χ2n) is 5.26. The summed E-state index contributed by atoms with van der Waals surface area (Å²) in [6.07, 6.45) is 0.893. The highest BCUT2D eigenvalue weighted by Gasteiger charge is 2.18. The van der Waals surface area contributed by atoms with Crippen molar-refractivity contribution < 1.29 is 9.72 Å². The van der Waals surface area contributed by atoms with Crippen molar-refractivity contribution in [1.82, 2.24) is 4.90 Å². The van der Waals surface area contributed by atoms with E-state index in [1.54, 1.807) is 7.05 Å². The first-order chi connectivity index (χ1) is 10.8. The number of nitro groups is 1. The van der Waals surface area contributed by atoms with Gasteiger partial charge in [0.2, 0.25) is 0 Å². The standard InChI is InChI=1S/C16H17ClN2O3S/c1-4-14-10(2)7-15(23-14)16(20)18(3)9-11-8-12(19(21)22)5-6-13(11)17/h5-8H,4,9H2,1-3H3. The van der Waals surface area contributed by atoms with E-state index in [1.807, 2.05) is 13.0 Å². The number of carbonyl (C=O) groups is 1. The second kappa shape index (κ2) is 7.10. The maximum absolute atomic E-state index is 12.5. The van der Waals surface area contributed by atoms with Gasteiger partial charge in [0, 0.05) is 35.6 Å². The van der Waals surface area contributed by atoms with Crippen LogP contribution in [-0.4, -0.2) is 22.8 Å². The molecule has 0 N–H and O–H groups in total. The van der Waals surface area contributed by atoms with Crippen LogP contribution in [0.1, 0.15) is 32.6 Å². The third-order valence-electron chi connectivity index (χ3n) is 3.55. The first-order valence-electron chi connectivity index (χ1n) is 7.11. The van der Waals surface area contributed by atoms with Crippen molar-refractivity contribution in [2.24, 2.45) is 0 Å². The fraction of sp³-hybridized carbons (Fsp3) is 0.312. The van der Waals surface area contributed by atoms with E-state index < -0.39 is 4.92 Å². The Morgan fingerprint density at radius 2 is 2.09 bits per heavy atom. The average Bonchev–Trinajstić information content (AvgIpc) is 2.89. The Morgan fingerprint density at radius 3 is 2.65 bits per heavy atom. The Hall–Kier alpha value is -1.92. The number of aryl methyl sites for hydroxylation is 2. The van der Waals surface area contributed by atoms with Crippen LogP contribution in [0.5, 0.6) is 0 Å². The summed E-state index contributed by atoms with van der Waals surface area (Å²) in [6.45, 7) is 4.26. The molecule has 0 spiro atoms. The summed E-state index contributed by atoms with van der Waals surface area (Å²) < 4.78 is 0. The summed E-state index contributed by atoms with van der Waals surface area (Å²) in [4.78, 5) is 26.3. The van der Waals surface area contributed by atoms with Crippen LogP contribution < -0.4 is 0 Å². The molecule has 122 valence electrons. The van der Waals surface area contributed by atoms with Gasteiger partial charge in [-0.1, -0.05) is 18.5 Å². The summed E-state index contributed by atoms with van der Waals surface area (Å²) in [5.74, 6) is -0.111. The summed E-state index contributed by atoms with van der Waals surface area (Å²) in [7, 11) is 1.66. The van der Waals surface area contributed by atoms with Gasteiger partial charge in [0.25, 0.3) is 11.6 Å². The number of halogens is 1. The molecule has 23 heavy (non-hydrogen) atoms. The van der Waals surface area contributed by atoms with E-state index >= 15 is 0 Å². The number of carbonyl (C=O) groups excluding carboxylic acids is 1. The van der Waals surface area contributed by atoms with Crippen molar-refractivity contribution in [1.29, 1.82) is 0 Å². The van der Waals surface area contributed by atoms with Gasteiger partial charge in [-0.2, -0.15) is 0 Å². The van der Waals surface area contributed by atoms with E-state index in [9.17, 15) is 14.9 Å². The van der Waals surface area contributed by atoms with Crippen LogP contribution in [0.25, 0.3) is 0 Å². The monoisotopic (exact) mass is 352 g/mol. The molecule has 0 aliphatic rings. The molecule has 1 heterocycles. The fourth-order valence-corrected chi connectivity index (χ4v) is 3.57. The second-order valence-corrected chi connectivity index (χ2v) is 6.81. The Balaban J connectivity index is 2.20. The first kappa shape index (κ1) is 17.4. The molecule has 0 saturated heterocycles. The molecule has 0 unspecified atom stereocenters. The zero-order chi connectivity index (χ0) is 17.1. The van der Waals surface area contributed by atoms with Crippen LogP contribution in [-0.2, 0) is 13.0 Å². The third-order valence-corrected chi connectivity index (χ3v) is 5.28. The van der Waals surface area contributed by atoms with Crippen molar-refractivity contribution in [3.8, 4) is 0 Å². The average molecular weight is 353 g/mol. The smallest absolute Gasteiger partial charge is 0.269 e. The van der Waals surface area contributed by atoms with E-state index in [4.69, 9.17) is 11.6 Å². The Bertz CT molecular complexity index is 758. The number of thiophene rings is 1. The SMILES string of the molecule is CCc1sc(C(=O)N(C)Cc2cc([N+](=O)[O-])ccc2Cl)cc1C. The minimum absolute atomic E-state index is 0.0366. The number of non-ortho nitro benzene ring substituents is 1. The lowest BCUT2D eigenvalue weighted by Crippen LogP contribution is -2.25. The zero-order valence-electron chi connectivity index (χ0n) is 13.1. The molecule has 0 saturated carbocycles. The molecular formula is C16H17ClN2O3S. The Morgan fingerprint density at radius 1 is 1.39 bits per heavy atom. The molecule has 1 aromatic carbocycles. The minimum Gasteiger partial charge on any atom is -0.337 e. The summed E-state index contributed by atoms with van der Waals surface area (Å²) >= 11 is 7.58. The molecule has 0 atom stereocenters. The van der Waals surface area contributed by atoms with Gasteiger partial charge in [-0.15, -0.1) is 11.3 Å². The highest BCUT2D eigenvalue weighted by Crippen LogP contribution is 2.26. The van der Waals surface area contributed by atoms with Gasteiger partial charge in [0.15, 0.2) is 0 Å².